The molecule has 5 nitrogen and oxygen atoms in total. The molecule has 0 spiro atoms. The van der Waals surface area contributed by atoms with Crippen LogP contribution in [0.3, 0.4) is 0 Å². The summed E-state index contributed by atoms with van der Waals surface area (Å²) in [5.74, 6) is 0.343. The Kier molecular flexibility index (Phi) is 10.3. The van der Waals surface area contributed by atoms with Crippen molar-refractivity contribution in [2.45, 2.75) is 53.6 Å². The first-order valence-electron chi connectivity index (χ1n) is 10.9. The van der Waals surface area contributed by atoms with Crippen LogP contribution in [0.1, 0.15) is 43.9 Å². The van der Waals surface area contributed by atoms with Crippen LogP contribution in [0.2, 0.25) is 15.1 Å². The molecule has 0 aromatic heterocycles. The predicted molar refractivity (Wildman–Crippen MR) is 135 cm³/mol. The lowest BCUT2D eigenvalue weighted by Crippen LogP contribution is -2.50. The zero-order chi connectivity index (χ0) is 24.7. The summed E-state index contributed by atoms with van der Waals surface area (Å²) in [5.41, 5.74) is 2.50. The van der Waals surface area contributed by atoms with Crippen molar-refractivity contribution < 1.29 is 14.3 Å². The van der Waals surface area contributed by atoms with E-state index in [9.17, 15) is 9.59 Å². The van der Waals surface area contributed by atoms with Crippen LogP contribution in [0, 0.1) is 19.8 Å². The lowest BCUT2D eigenvalue weighted by molar-refractivity contribution is -0.143. The fraction of sp³-hybridized carbons (Fsp3) is 0.440. The topological polar surface area (TPSA) is 58.6 Å². The molecule has 2 aromatic rings. The summed E-state index contributed by atoms with van der Waals surface area (Å²) in [6.07, 6.45) is 0.455. The summed E-state index contributed by atoms with van der Waals surface area (Å²) >= 11 is 18.4. The van der Waals surface area contributed by atoms with E-state index in [4.69, 9.17) is 39.5 Å². The van der Waals surface area contributed by atoms with Crippen LogP contribution >= 0.6 is 34.8 Å². The molecule has 1 unspecified atom stereocenters. The SMILES string of the molecule is CCC(C(=O)NCC(C)C)N(Cc1ccc(Cl)c(Cl)c1)C(=O)COc1cc(C)c(Cl)c(C)c1. The molecule has 0 saturated carbocycles. The Bertz CT molecular complexity index is 972. The Morgan fingerprint density at radius 1 is 1.03 bits per heavy atom. The van der Waals surface area contributed by atoms with E-state index in [0.717, 1.165) is 16.7 Å². The van der Waals surface area contributed by atoms with Crippen LogP contribution in [0.25, 0.3) is 0 Å². The average Bonchev–Trinajstić information content (AvgIpc) is 2.76. The van der Waals surface area contributed by atoms with Gasteiger partial charge in [-0.3, -0.25) is 9.59 Å². The summed E-state index contributed by atoms with van der Waals surface area (Å²) in [5, 5.41) is 4.42. The van der Waals surface area contributed by atoms with Gasteiger partial charge in [0.1, 0.15) is 11.8 Å². The first-order valence-corrected chi connectivity index (χ1v) is 12.1. The Hall–Kier alpha value is -1.95. The molecule has 2 aromatic carbocycles. The molecule has 1 atom stereocenters. The van der Waals surface area contributed by atoms with E-state index in [1.54, 1.807) is 30.3 Å². The first-order chi connectivity index (χ1) is 15.5. The minimum Gasteiger partial charge on any atom is -0.484 e. The highest BCUT2D eigenvalue weighted by Crippen LogP contribution is 2.27. The van der Waals surface area contributed by atoms with Gasteiger partial charge in [0, 0.05) is 18.1 Å². The number of carbonyl (C=O) groups excluding carboxylic acids is 2. The number of aryl methyl sites for hydroxylation is 2. The molecular formula is C25H31Cl3N2O3. The third kappa shape index (κ3) is 7.80. The van der Waals surface area contributed by atoms with Crippen molar-refractivity contribution in [3.05, 3.63) is 62.1 Å². The number of nitrogens with zero attached hydrogens (tertiary/aromatic N) is 1. The van der Waals surface area contributed by atoms with Gasteiger partial charge in [-0.15, -0.1) is 0 Å². The van der Waals surface area contributed by atoms with E-state index in [-0.39, 0.29) is 25.0 Å². The van der Waals surface area contributed by atoms with Gasteiger partial charge >= 0.3 is 0 Å². The zero-order valence-electron chi connectivity index (χ0n) is 19.7. The van der Waals surface area contributed by atoms with Gasteiger partial charge in [-0.25, -0.2) is 0 Å². The van der Waals surface area contributed by atoms with Crippen LogP contribution in [0.15, 0.2) is 30.3 Å². The van der Waals surface area contributed by atoms with Gasteiger partial charge in [0.2, 0.25) is 5.91 Å². The smallest absolute Gasteiger partial charge is 0.261 e. The fourth-order valence-corrected chi connectivity index (χ4v) is 3.82. The third-order valence-corrected chi connectivity index (χ3v) is 6.51. The van der Waals surface area contributed by atoms with E-state index in [0.29, 0.717) is 39.7 Å². The number of amides is 2. The maximum atomic E-state index is 13.3. The van der Waals surface area contributed by atoms with Crippen molar-refractivity contribution in [2.24, 2.45) is 5.92 Å². The first kappa shape index (κ1) is 27.3. The van der Waals surface area contributed by atoms with Gasteiger partial charge in [-0.1, -0.05) is 61.6 Å². The molecule has 0 heterocycles. The largest absolute Gasteiger partial charge is 0.484 e. The van der Waals surface area contributed by atoms with E-state index in [1.165, 1.54) is 4.90 Å². The highest BCUT2D eigenvalue weighted by molar-refractivity contribution is 6.42. The van der Waals surface area contributed by atoms with Gasteiger partial charge in [0.05, 0.1) is 10.0 Å². The number of nitrogens with one attached hydrogen (secondary N) is 1. The van der Waals surface area contributed by atoms with Crippen molar-refractivity contribution in [3.63, 3.8) is 0 Å². The van der Waals surface area contributed by atoms with Crippen molar-refractivity contribution in [2.75, 3.05) is 13.2 Å². The molecule has 180 valence electrons. The third-order valence-electron chi connectivity index (χ3n) is 5.18. The monoisotopic (exact) mass is 512 g/mol. The summed E-state index contributed by atoms with van der Waals surface area (Å²) in [7, 11) is 0. The summed E-state index contributed by atoms with van der Waals surface area (Å²) in [6.45, 7) is 10.2. The zero-order valence-corrected chi connectivity index (χ0v) is 21.9. The van der Waals surface area contributed by atoms with Crippen LogP contribution in [0.5, 0.6) is 5.75 Å². The number of hydrogen-bond donors (Lipinski definition) is 1. The summed E-state index contributed by atoms with van der Waals surface area (Å²) < 4.78 is 5.79. The van der Waals surface area contributed by atoms with E-state index < -0.39 is 6.04 Å². The second-order valence-electron chi connectivity index (χ2n) is 8.49. The van der Waals surface area contributed by atoms with Gasteiger partial charge in [0.15, 0.2) is 6.61 Å². The molecule has 0 aliphatic carbocycles. The molecule has 2 rings (SSSR count). The van der Waals surface area contributed by atoms with Gasteiger partial charge in [0.25, 0.3) is 5.91 Å². The van der Waals surface area contributed by atoms with Crippen molar-refractivity contribution in [1.29, 1.82) is 0 Å². The normalized spacial score (nSPS) is 11.9. The van der Waals surface area contributed by atoms with Crippen LogP contribution in [-0.2, 0) is 16.1 Å². The standard InChI is InChI=1S/C25H31Cl3N2O3/c1-6-22(25(32)29-12-15(2)3)30(13-18-7-8-20(26)21(27)11-18)23(31)14-33-19-9-16(4)24(28)17(5)10-19/h7-11,15,22H,6,12-14H2,1-5H3,(H,29,32). The Labute approximate surface area is 211 Å². The quantitative estimate of drug-likeness (QED) is 0.410. The van der Waals surface area contributed by atoms with Crippen molar-refractivity contribution in [1.82, 2.24) is 10.2 Å². The highest BCUT2D eigenvalue weighted by Gasteiger charge is 2.29. The number of hydrogen-bond acceptors (Lipinski definition) is 3. The lowest BCUT2D eigenvalue weighted by Gasteiger charge is -2.31. The predicted octanol–water partition coefficient (Wildman–Crippen LogP) is 6.22. The van der Waals surface area contributed by atoms with Gasteiger partial charge in [-0.05, 0) is 67.1 Å². The van der Waals surface area contributed by atoms with Gasteiger partial charge in [-0.2, -0.15) is 0 Å². The summed E-state index contributed by atoms with van der Waals surface area (Å²) in [6, 6.07) is 8.10. The Morgan fingerprint density at radius 3 is 2.21 bits per heavy atom. The summed E-state index contributed by atoms with van der Waals surface area (Å²) in [4.78, 5) is 27.8. The van der Waals surface area contributed by atoms with Gasteiger partial charge < -0.3 is 15.0 Å². The molecule has 0 fully saturated rings. The lowest BCUT2D eigenvalue weighted by atomic mass is 10.1. The second-order valence-corrected chi connectivity index (χ2v) is 9.69. The van der Waals surface area contributed by atoms with Crippen molar-refractivity contribution in [3.8, 4) is 5.75 Å². The van der Waals surface area contributed by atoms with E-state index in [2.05, 4.69) is 5.32 Å². The number of benzene rings is 2. The highest BCUT2D eigenvalue weighted by atomic mass is 35.5. The van der Waals surface area contributed by atoms with Crippen molar-refractivity contribution >= 4 is 46.6 Å². The Balaban J connectivity index is 2.26. The molecular weight excluding hydrogens is 483 g/mol. The molecule has 2 amide bonds. The maximum absolute atomic E-state index is 13.3. The molecule has 0 bridgehead atoms. The molecule has 0 aliphatic heterocycles. The second kappa shape index (κ2) is 12.5. The number of ether oxygens (including phenoxy) is 1. The number of halogens is 3. The van der Waals surface area contributed by atoms with Crippen LogP contribution < -0.4 is 10.1 Å². The Morgan fingerprint density at radius 2 is 1.67 bits per heavy atom. The molecule has 8 heteroatoms. The minimum atomic E-state index is -0.650. The molecule has 33 heavy (non-hydrogen) atoms. The molecule has 0 saturated heterocycles. The molecule has 0 radical (unpaired) electrons. The average molecular weight is 514 g/mol. The fourth-order valence-electron chi connectivity index (χ4n) is 3.39. The molecule has 1 N–H and O–H groups in total. The molecule has 0 aliphatic rings. The van der Waals surface area contributed by atoms with Crippen LogP contribution in [0.4, 0.5) is 0 Å². The van der Waals surface area contributed by atoms with E-state index >= 15 is 0 Å². The maximum Gasteiger partial charge on any atom is 0.261 e. The minimum absolute atomic E-state index is 0.196. The van der Waals surface area contributed by atoms with E-state index in [1.807, 2.05) is 34.6 Å². The number of carbonyl (C=O) groups is 2. The van der Waals surface area contributed by atoms with Crippen LogP contribution in [-0.4, -0.2) is 35.9 Å². The number of rotatable bonds is 10.